The highest BCUT2D eigenvalue weighted by Gasteiger charge is 2.30. The van der Waals surface area contributed by atoms with E-state index < -0.39 is 23.0 Å². The second kappa shape index (κ2) is 12.4. The van der Waals surface area contributed by atoms with E-state index in [4.69, 9.17) is 14.2 Å². The van der Waals surface area contributed by atoms with Crippen molar-refractivity contribution in [2.24, 2.45) is 0 Å². The molecule has 0 saturated carbocycles. The molecule has 10 nitrogen and oxygen atoms in total. The number of carboxylic acids is 1. The number of aliphatic carboxylic acids is 1. The van der Waals surface area contributed by atoms with Gasteiger partial charge in [-0.3, -0.25) is 10.1 Å². The fourth-order valence-electron chi connectivity index (χ4n) is 5.18. The Kier molecular flexibility index (Phi) is 8.33. The first kappa shape index (κ1) is 28.2. The number of para-hydroxylation sites is 2. The molecule has 0 aromatic heterocycles. The van der Waals surface area contributed by atoms with E-state index in [1.165, 1.54) is 19.2 Å². The highest BCUT2D eigenvalue weighted by molar-refractivity contribution is 5.81. The molecule has 0 bridgehead atoms. The van der Waals surface area contributed by atoms with Gasteiger partial charge in [0.2, 0.25) is 0 Å². The van der Waals surface area contributed by atoms with Crippen LogP contribution in [0.5, 0.6) is 11.5 Å². The van der Waals surface area contributed by atoms with E-state index in [9.17, 15) is 24.8 Å². The monoisotopic (exact) mass is 568 g/mol. The van der Waals surface area contributed by atoms with Crippen LogP contribution in [0.2, 0.25) is 0 Å². The predicted octanol–water partition coefficient (Wildman–Crippen LogP) is 5.72. The van der Waals surface area contributed by atoms with Gasteiger partial charge in [0.05, 0.1) is 12.0 Å². The Morgan fingerprint density at radius 2 is 1.57 bits per heavy atom. The van der Waals surface area contributed by atoms with E-state index in [1.54, 1.807) is 30.3 Å². The van der Waals surface area contributed by atoms with Gasteiger partial charge in [-0.15, -0.1) is 0 Å². The number of ether oxygens (including phenoxy) is 3. The smallest absolute Gasteiger partial charge is 0.407 e. The van der Waals surface area contributed by atoms with Crippen LogP contribution in [-0.4, -0.2) is 41.9 Å². The van der Waals surface area contributed by atoms with Crippen LogP contribution in [0.1, 0.15) is 28.2 Å². The molecule has 5 rings (SSSR count). The Balaban J connectivity index is 1.25. The number of carboxylic acid groups (broad SMARTS) is 1. The molecule has 1 aliphatic carbocycles. The second-order valence-electron chi connectivity index (χ2n) is 9.72. The van der Waals surface area contributed by atoms with Gasteiger partial charge in [-0.2, -0.15) is 0 Å². The van der Waals surface area contributed by atoms with Crippen molar-refractivity contribution in [1.82, 2.24) is 5.32 Å². The van der Waals surface area contributed by atoms with Crippen LogP contribution >= 0.6 is 0 Å². The van der Waals surface area contributed by atoms with E-state index >= 15 is 0 Å². The number of nitro groups is 1. The summed E-state index contributed by atoms with van der Waals surface area (Å²) in [4.78, 5) is 35.6. The summed E-state index contributed by atoms with van der Waals surface area (Å²) in [5, 5.41) is 23.6. The van der Waals surface area contributed by atoms with Gasteiger partial charge in [0, 0.05) is 24.0 Å². The van der Waals surface area contributed by atoms with Crippen LogP contribution in [0.3, 0.4) is 0 Å². The zero-order valence-electron chi connectivity index (χ0n) is 22.7. The van der Waals surface area contributed by atoms with Gasteiger partial charge < -0.3 is 24.6 Å². The van der Waals surface area contributed by atoms with Crippen LogP contribution in [-0.2, 0) is 22.6 Å². The zero-order chi connectivity index (χ0) is 29.6. The Morgan fingerprint density at radius 1 is 0.929 bits per heavy atom. The summed E-state index contributed by atoms with van der Waals surface area (Å²) in [7, 11) is 1.47. The number of alkyl carbamates (subject to hydrolysis) is 1. The molecule has 1 atom stereocenters. The average molecular weight is 569 g/mol. The molecule has 4 aromatic carbocycles. The summed E-state index contributed by atoms with van der Waals surface area (Å²) in [5.41, 5.74) is 5.25. The number of nitrogens with one attached hydrogen (secondary N) is 1. The number of rotatable bonds is 11. The van der Waals surface area contributed by atoms with Gasteiger partial charge in [0.25, 0.3) is 0 Å². The fourth-order valence-corrected chi connectivity index (χ4v) is 5.18. The Morgan fingerprint density at radius 3 is 2.21 bits per heavy atom. The van der Waals surface area contributed by atoms with E-state index in [1.807, 2.05) is 48.5 Å². The number of hydrogen-bond acceptors (Lipinski definition) is 7. The van der Waals surface area contributed by atoms with Crippen molar-refractivity contribution < 1.29 is 33.8 Å². The molecule has 0 radical (unpaired) electrons. The SMILES string of the molecule is COc1ccc(CC(NC(=O)OCC2c3ccccc3-c3ccccc32)C(=O)O)cc1COc1ccccc1[N+](=O)[O-]. The lowest BCUT2D eigenvalue weighted by molar-refractivity contribution is -0.385. The number of carbonyl (C=O) groups excluding carboxylic acids is 1. The van der Waals surface area contributed by atoms with Crippen LogP contribution in [0.4, 0.5) is 10.5 Å². The van der Waals surface area contributed by atoms with Crippen molar-refractivity contribution in [3.63, 3.8) is 0 Å². The van der Waals surface area contributed by atoms with Gasteiger partial charge in [0.15, 0.2) is 5.75 Å². The molecule has 0 saturated heterocycles. The second-order valence-corrected chi connectivity index (χ2v) is 9.72. The number of hydrogen-bond donors (Lipinski definition) is 2. The molecule has 1 unspecified atom stereocenters. The molecule has 214 valence electrons. The number of carbonyl (C=O) groups is 2. The molecule has 0 fully saturated rings. The maximum atomic E-state index is 12.8. The molecule has 1 amide bonds. The van der Waals surface area contributed by atoms with Crippen LogP contribution in [0.15, 0.2) is 91.0 Å². The van der Waals surface area contributed by atoms with E-state index in [2.05, 4.69) is 5.32 Å². The number of fused-ring (bicyclic) bond motifs is 3. The largest absolute Gasteiger partial charge is 0.496 e. The van der Waals surface area contributed by atoms with Crippen molar-refractivity contribution >= 4 is 17.7 Å². The van der Waals surface area contributed by atoms with E-state index in [-0.39, 0.29) is 37.0 Å². The van der Waals surface area contributed by atoms with Crippen molar-refractivity contribution in [2.75, 3.05) is 13.7 Å². The number of nitrogens with zero attached hydrogens (tertiary/aromatic N) is 1. The number of nitro benzene ring substituents is 1. The van der Waals surface area contributed by atoms with Crippen molar-refractivity contribution in [2.45, 2.75) is 25.0 Å². The lowest BCUT2D eigenvalue weighted by atomic mass is 9.98. The maximum Gasteiger partial charge on any atom is 0.407 e. The molecule has 0 spiro atoms. The molecule has 4 aromatic rings. The predicted molar refractivity (Wildman–Crippen MR) is 154 cm³/mol. The Labute approximate surface area is 241 Å². The zero-order valence-corrected chi connectivity index (χ0v) is 22.7. The van der Waals surface area contributed by atoms with Crippen molar-refractivity contribution in [3.8, 4) is 22.6 Å². The lowest BCUT2D eigenvalue weighted by Gasteiger charge is -2.18. The minimum atomic E-state index is -1.27. The summed E-state index contributed by atoms with van der Waals surface area (Å²) >= 11 is 0. The first-order valence-corrected chi connectivity index (χ1v) is 13.2. The number of amides is 1. The molecule has 0 aliphatic heterocycles. The molecule has 10 heteroatoms. The summed E-state index contributed by atoms with van der Waals surface area (Å²) < 4.78 is 16.6. The quantitative estimate of drug-likeness (QED) is 0.173. The third-order valence-electron chi connectivity index (χ3n) is 7.16. The maximum absolute atomic E-state index is 12.8. The first-order valence-electron chi connectivity index (χ1n) is 13.2. The highest BCUT2D eigenvalue weighted by Crippen LogP contribution is 2.44. The third kappa shape index (κ3) is 6.02. The molecular formula is C32H28N2O8. The van der Waals surface area contributed by atoms with Crippen LogP contribution < -0.4 is 14.8 Å². The minimum Gasteiger partial charge on any atom is -0.496 e. The van der Waals surface area contributed by atoms with Crippen LogP contribution in [0, 0.1) is 10.1 Å². The van der Waals surface area contributed by atoms with Gasteiger partial charge in [-0.25, -0.2) is 9.59 Å². The van der Waals surface area contributed by atoms with Gasteiger partial charge in [-0.05, 0) is 46.0 Å². The molecule has 42 heavy (non-hydrogen) atoms. The molecule has 2 N–H and O–H groups in total. The molecule has 1 aliphatic rings. The summed E-state index contributed by atoms with van der Waals surface area (Å²) in [6.45, 7) is 0.00125. The van der Waals surface area contributed by atoms with E-state index in [0.717, 1.165) is 22.3 Å². The first-order chi connectivity index (χ1) is 20.4. The summed E-state index contributed by atoms with van der Waals surface area (Å²) in [6.07, 6.45) is -0.875. The van der Waals surface area contributed by atoms with Crippen molar-refractivity contribution in [3.05, 3.63) is 123 Å². The van der Waals surface area contributed by atoms with Gasteiger partial charge in [-0.1, -0.05) is 66.7 Å². The number of methoxy groups -OCH3 is 1. The highest BCUT2D eigenvalue weighted by atomic mass is 16.6. The van der Waals surface area contributed by atoms with Gasteiger partial charge >= 0.3 is 17.7 Å². The fraction of sp³-hybridized carbons (Fsp3) is 0.188. The topological polar surface area (TPSA) is 137 Å². The molecular weight excluding hydrogens is 540 g/mol. The lowest BCUT2D eigenvalue weighted by Crippen LogP contribution is -2.42. The molecule has 0 heterocycles. The Bertz CT molecular complexity index is 1590. The average Bonchev–Trinajstić information content (AvgIpc) is 3.32. The normalized spacial score (nSPS) is 12.5. The summed E-state index contributed by atoms with van der Waals surface area (Å²) in [5.74, 6) is -0.822. The van der Waals surface area contributed by atoms with Gasteiger partial charge in [0.1, 0.15) is 25.0 Å². The minimum absolute atomic E-state index is 0.0397. The van der Waals surface area contributed by atoms with E-state index in [0.29, 0.717) is 16.9 Å². The standard InChI is InChI=1S/C32H28N2O8/c1-40-29-15-14-20(16-21(29)18-41-30-13-7-6-12-28(30)34(38)39)17-27(31(35)36)33-32(37)42-19-26-24-10-4-2-8-22(24)23-9-3-5-11-25(23)26/h2-16,26-27H,17-19H2,1H3,(H,33,37)(H,35,36). The Hall–Kier alpha value is -5.38. The summed E-state index contributed by atoms with van der Waals surface area (Å²) in [6, 6.07) is 25.6. The van der Waals surface area contributed by atoms with Crippen LogP contribution in [0.25, 0.3) is 11.1 Å². The third-order valence-corrected chi connectivity index (χ3v) is 7.16. The number of benzene rings is 4. The van der Waals surface area contributed by atoms with Crippen molar-refractivity contribution in [1.29, 1.82) is 0 Å².